The van der Waals surface area contributed by atoms with Gasteiger partial charge in [-0.2, -0.15) is 31.4 Å². The normalized spacial score (nSPS) is 11.8. The fourth-order valence-electron chi connectivity index (χ4n) is 2.71. The maximum Gasteiger partial charge on any atom is 0.435 e. The van der Waals surface area contributed by atoms with E-state index in [4.69, 9.17) is 0 Å². The maximum absolute atomic E-state index is 13.2. The minimum atomic E-state index is -5.08. The molecular formula is C20H13F6N3O3. The van der Waals surface area contributed by atoms with E-state index >= 15 is 0 Å². The Morgan fingerprint density at radius 3 is 2.09 bits per heavy atom. The van der Waals surface area contributed by atoms with E-state index < -0.39 is 35.6 Å². The molecule has 3 rings (SSSR count). The number of nitrogens with zero attached hydrogens (tertiary/aromatic N) is 2. The first-order chi connectivity index (χ1) is 14.9. The Kier molecular flexibility index (Phi) is 5.97. The lowest BCUT2D eigenvalue weighted by atomic mass is 10.1. The number of methoxy groups -OCH3 is 1. The van der Waals surface area contributed by atoms with E-state index in [1.807, 2.05) is 0 Å². The van der Waals surface area contributed by atoms with E-state index in [2.05, 4.69) is 15.2 Å². The Morgan fingerprint density at radius 2 is 1.53 bits per heavy atom. The molecule has 12 heteroatoms. The number of benzene rings is 2. The first-order valence-electron chi connectivity index (χ1n) is 8.75. The van der Waals surface area contributed by atoms with E-state index in [-0.39, 0.29) is 33.2 Å². The van der Waals surface area contributed by atoms with Crippen LogP contribution in [0.2, 0.25) is 0 Å². The summed E-state index contributed by atoms with van der Waals surface area (Å²) in [4.78, 5) is 23.9. The van der Waals surface area contributed by atoms with Crippen molar-refractivity contribution < 1.29 is 40.7 Å². The molecule has 1 N–H and O–H groups in total. The number of hydrogen-bond donors (Lipinski definition) is 1. The van der Waals surface area contributed by atoms with Gasteiger partial charge in [-0.3, -0.25) is 4.79 Å². The van der Waals surface area contributed by atoms with Gasteiger partial charge in [0.2, 0.25) is 0 Å². The van der Waals surface area contributed by atoms with Gasteiger partial charge in [0.15, 0.2) is 5.69 Å². The van der Waals surface area contributed by atoms with Gasteiger partial charge < -0.3 is 10.1 Å². The van der Waals surface area contributed by atoms with E-state index in [1.165, 1.54) is 43.5 Å². The summed E-state index contributed by atoms with van der Waals surface area (Å²) >= 11 is 0. The van der Waals surface area contributed by atoms with Gasteiger partial charge in [0, 0.05) is 17.3 Å². The highest BCUT2D eigenvalue weighted by molar-refractivity contribution is 6.05. The Labute approximate surface area is 176 Å². The number of ether oxygens (including phenoxy) is 1. The molecule has 0 saturated heterocycles. The van der Waals surface area contributed by atoms with Crippen LogP contribution in [-0.2, 0) is 17.1 Å². The SMILES string of the molecule is COC(=O)c1cccc(C(=O)Nc2ccc(-n3nc(C(F)(F)F)cc3C(F)(F)F)cc2)c1. The Bertz CT molecular complexity index is 1150. The van der Waals surface area contributed by atoms with Gasteiger partial charge in [-0.25, -0.2) is 9.48 Å². The van der Waals surface area contributed by atoms with Crippen LogP contribution in [0.15, 0.2) is 54.6 Å². The molecule has 0 fully saturated rings. The number of anilines is 1. The van der Waals surface area contributed by atoms with Crippen molar-refractivity contribution in [3.63, 3.8) is 0 Å². The molecular weight excluding hydrogens is 444 g/mol. The highest BCUT2D eigenvalue weighted by atomic mass is 19.4. The third-order valence-corrected chi connectivity index (χ3v) is 4.21. The Morgan fingerprint density at radius 1 is 0.906 bits per heavy atom. The maximum atomic E-state index is 13.2. The van der Waals surface area contributed by atoms with Crippen LogP contribution in [0.3, 0.4) is 0 Å². The van der Waals surface area contributed by atoms with Crippen LogP contribution in [0.25, 0.3) is 5.69 Å². The first kappa shape index (κ1) is 22.8. The molecule has 1 heterocycles. The second-order valence-electron chi connectivity index (χ2n) is 6.40. The van der Waals surface area contributed by atoms with Crippen molar-refractivity contribution in [2.24, 2.45) is 0 Å². The van der Waals surface area contributed by atoms with Crippen molar-refractivity contribution in [2.45, 2.75) is 12.4 Å². The molecule has 3 aromatic rings. The second-order valence-corrected chi connectivity index (χ2v) is 6.40. The molecule has 32 heavy (non-hydrogen) atoms. The highest BCUT2D eigenvalue weighted by Crippen LogP contribution is 2.36. The van der Waals surface area contributed by atoms with Gasteiger partial charge in [-0.05, 0) is 42.5 Å². The first-order valence-corrected chi connectivity index (χ1v) is 8.75. The zero-order valence-corrected chi connectivity index (χ0v) is 16.1. The molecule has 1 aromatic heterocycles. The summed E-state index contributed by atoms with van der Waals surface area (Å²) in [6.45, 7) is 0. The summed E-state index contributed by atoms with van der Waals surface area (Å²) in [5.74, 6) is -1.28. The Hall–Kier alpha value is -3.83. The van der Waals surface area contributed by atoms with Crippen LogP contribution in [0.4, 0.5) is 32.0 Å². The largest absolute Gasteiger partial charge is 0.465 e. The number of esters is 1. The van der Waals surface area contributed by atoms with Crippen LogP contribution < -0.4 is 5.32 Å². The standard InChI is InChI=1S/C20H13F6N3O3/c1-32-18(31)12-4-2-3-11(9-12)17(30)27-13-5-7-14(8-6-13)29-16(20(24,25)26)10-15(28-29)19(21,22)23/h2-10H,1H3,(H,27,30). The molecule has 0 atom stereocenters. The van der Waals surface area contributed by atoms with E-state index in [0.717, 1.165) is 12.1 Å². The topological polar surface area (TPSA) is 73.2 Å². The summed E-state index contributed by atoms with van der Waals surface area (Å²) in [5.41, 5.74) is -3.18. The molecule has 0 bridgehead atoms. The van der Waals surface area contributed by atoms with Gasteiger partial charge >= 0.3 is 18.3 Å². The number of hydrogen-bond acceptors (Lipinski definition) is 4. The lowest BCUT2D eigenvalue weighted by molar-refractivity contribution is -0.143. The van der Waals surface area contributed by atoms with Crippen LogP contribution in [-0.4, -0.2) is 28.8 Å². The molecule has 6 nitrogen and oxygen atoms in total. The zero-order chi connectivity index (χ0) is 23.7. The number of alkyl halides is 6. The number of halogens is 6. The molecule has 0 unspecified atom stereocenters. The zero-order valence-electron chi connectivity index (χ0n) is 16.1. The average Bonchev–Trinajstić information content (AvgIpc) is 3.20. The molecule has 0 aliphatic carbocycles. The molecule has 0 spiro atoms. The van der Waals surface area contributed by atoms with Crippen LogP contribution >= 0.6 is 0 Å². The fraction of sp³-hybridized carbons (Fsp3) is 0.150. The van der Waals surface area contributed by atoms with Crippen LogP contribution in [0.5, 0.6) is 0 Å². The number of carbonyl (C=O) groups excluding carboxylic acids is 2. The quantitative estimate of drug-likeness (QED) is 0.445. The lowest BCUT2D eigenvalue weighted by Crippen LogP contribution is -2.14. The third-order valence-electron chi connectivity index (χ3n) is 4.21. The van der Waals surface area contributed by atoms with Crippen molar-refractivity contribution in [2.75, 3.05) is 12.4 Å². The van der Waals surface area contributed by atoms with Gasteiger partial charge in [0.1, 0.15) is 5.69 Å². The molecule has 168 valence electrons. The summed E-state index contributed by atoms with van der Waals surface area (Å²) < 4.78 is 82.7. The number of carbonyl (C=O) groups is 2. The van der Waals surface area contributed by atoms with E-state index in [9.17, 15) is 35.9 Å². The number of rotatable bonds is 4. The van der Waals surface area contributed by atoms with Gasteiger partial charge in [0.05, 0.1) is 18.4 Å². The molecule has 1 amide bonds. The number of nitrogens with one attached hydrogen (secondary N) is 1. The van der Waals surface area contributed by atoms with Crippen molar-refractivity contribution in [1.29, 1.82) is 0 Å². The predicted octanol–water partition coefficient (Wildman–Crippen LogP) is 4.95. The summed E-state index contributed by atoms with van der Waals surface area (Å²) in [5, 5.41) is 5.50. The molecule has 0 aliphatic rings. The van der Waals surface area contributed by atoms with Crippen LogP contribution in [0.1, 0.15) is 32.1 Å². The molecule has 0 saturated carbocycles. The van der Waals surface area contributed by atoms with Crippen molar-refractivity contribution in [3.8, 4) is 5.69 Å². The van der Waals surface area contributed by atoms with E-state index in [0.29, 0.717) is 0 Å². The fourth-order valence-corrected chi connectivity index (χ4v) is 2.71. The summed E-state index contributed by atoms with van der Waals surface area (Å²) in [6, 6.07) is 10.1. The average molecular weight is 457 g/mol. The van der Waals surface area contributed by atoms with Crippen molar-refractivity contribution in [3.05, 3.63) is 77.1 Å². The summed E-state index contributed by atoms with van der Waals surface area (Å²) in [7, 11) is 1.18. The van der Waals surface area contributed by atoms with Crippen LogP contribution in [0, 0.1) is 0 Å². The van der Waals surface area contributed by atoms with Crippen molar-refractivity contribution >= 4 is 17.6 Å². The van der Waals surface area contributed by atoms with Gasteiger partial charge in [0.25, 0.3) is 5.91 Å². The lowest BCUT2D eigenvalue weighted by Gasteiger charge is -2.11. The number of amides is 1. The summed E-state index contributed by atoms with van der Waals surface area (Å²) in [6.07, 6.45) is -10.1. The minimum absolute atomic E-state index is 0.0794. The monoisotopic (exact) mass is 457 g/mol. The second kappa shape index (κ2) is 8.36. The van der Waals surface area contributed by atoms with Crippen molar-refractivity contribution in [1.82, 2.24) is 9.78 Å². The molecule has 0 radical (unpaired) electrons. The van der Waals surface area contributed by atoms with E-state index in [1.54, 1.807) is 0 Å². The predicted molar refractivity (Wildman–Crippen MR) is 99.3 cm³/mol. The van der Waals surface area contributed by atoms with Gasteiger partial charge in [-0.15, -0.1) is 0 Å². The molecule has 2 aromatic carbocycles. The Balaban J connectivity index is 1.85. The smallest absolute Gasteiger partial charge is 0.435 e. The molecule has 0 aliphatic heterocycles. The highest BCUT2D eigenvalue weighted by Gasteiger charge is 2.42. The van der Waals surface area contributed by atoms with Gasteiger partial charge in [-0.1, -0.05) is 6.07 Å². The number of aromatic nitrogens is 2. The minimum Gasteiger partial charge on any atom is -0.465 e. The third kappa shape index (κ3) is 4.90.